The van der Waals surface area contributed by atoms with Crippen molar-refractivity contribution in [3.05, 3.63) is 35.1 Å². The molecule has 0 N–H and O–H groups in total. The Morgan fingerprint density at radius 1 is 1.30 bits per heavy atom. The largest absolute Gasteiger partial charge is 0.459 e. The van der Waals surface area contributed by atoms with Gasteiger partial charge in [0.1, 0.15) is 16.2 Å². The van der Waals surface area contributed by atoms with E-state index >= 15 is 0 Å². The van der Waals surface area contributed by atoms with Crippen molar-refractivity contribution in [1.82, 2.24) is 0 Å². The Morgan fingerprint density at radius 3 is 2.59 bits per heavy atom. The molecule has 0 amide bonds. The summed E-state index contributed by atoms with van der Waals surface area (Å²) in [4.78, 5) is 11.8. The maximum Gasteiger partial charge on any atom is 0.324 e. The molecule has 0 saturated carbocycles. The SMILES string of the molecule is CC(C)(C)OC(=O)C(Br)c1cc(F)ccc1[C@@H]1CCC2(CCOCC2)CO1. The van der Waals surface area contributed by atoms with Gasteiger partial charge in [-0.1, -0.05) is 22.0 Å². The number of hydrogen-bond acceptors (Lipinski definition) is 4. The van der Waals surface area contributed by atoms with Crippen LogP contribution in [-0.2, 0) is 19.0 Å². The fourth-order valence-electron chi connectivity index (χ4n) is 3.85. The zero-order chi connectivity index (χ0) is 19.7. The summed E-state index contributed by atoms with van der Waals surface area (Å²) < 4.78 is 31.1. The molecule has 2 atom stereocenters. The number of esters is 1. The Morgan fingerprint density at radius 2 is 2.00 bits per heavy atom. The highest BCUT2D eigenvalue weighted by atomic mass is 79.9. The number of halogens is 2. The van der Waals surface area contributed by atoms with Crippen LogP contribution in [0.15, 0.2) is 18.2 Å². The lowest BCUT2D eigenvalue weighted by molar-refractivity contribution is -0.154. The van der Waals surface area contributed by atoms with Gasteiger partial charge in [0.2, 0.25) is 0 Å². The Labute approximate surface area is 168 Å². The summed E-state index contributed by atoms with van der Waals surface area (Å²) in [6.07, 6.45) is 3.81. The van der Waals surface area contributed by atoms with Gasteiger partial charge in [-0.2, -0.15) is 0 Å². The smallest absolute Gasteiger partial charge is 0.324 e. The van der Waals surface area contributed by atoms with Gasteiger partial charge in [-0.25, -0.2) is 4.39 Å². The lowest BCUT2D eigenvalue weighted by Crippen LogP contribution is -2.38. The number of alkyl halides is 1. The summed E-state index contributed by atoms with van der Waals surface area (Å²) in [7, 11) is 0. The van der Waals surface area contributed by atoms with Gasteiger partial charge < -0.3 is 14.2 Å². The lowest BCUT2D eigenvalue weighted by Gasteiger charge is -2.43. The molecule has 2 heterocycles. The van der Waals surface area contributed by atoms with Crippen molar-refractivity contribution in [2.75, 3.05) is 19.8 Å². The van der Waals surface area contributed by atoms with Crippen LogP contribution in [0.1, 0.15) is 68.5 Å². The van der Waals surface area contributed by atoms with Gasteiger partial charge in [0.15, 0.2) is 0 Å². The minimum absolute atomic E-state index is 0.142. The van der Waals surface area contributed by atoms with Gasteiger partial charge in [0, 0.05) is 13.2 Å². The van der Waals surface area contributed by atoms with Crippen LogP contribution in [0, 0.1) is 11.2 Å². The third-order valence-electron chi connectivity index (χ3n) is 5.36. The van der Waals surface area contributed by atoms with Crippen LogP contribution in [0.4, 0.5) is 4.39 Å². The standard InChI is InChI=1S/C21H28BrFO4/c1-20(2,3)27-19(24)18(22)16-12-14(23)4-5-15(16)17-6-7-21(13-26-17)8-10-25-11-9-21/h4-5,12,17-18H,6-11,13H2,1-3H3/t17-,18?/m0/s1. The molecule has 6 heteroatoms. The molecule has 3 rings (SSSR count). The average molecular weight is 443 g/mol. The fraction of sp³-hybridized carbons (Fsp3) is 0.667. The van der Waals surface area contributed by atoms with Crippen molar-refractivity contribution >= 4 is 21.9 Å². The maximum atomic E-state index is 13.9. The Kier molecular flexibility index (Phi) is 6.28. The number of hydrogen-bond donors (Lipinski definition) is 0. The molecule has 1 aromatic rings. The average Bonchev–Trinajstić information content (AvgIpc) is 2.61. The molecule has 2 aliphatic heterocycles. The molecule has 0 aliphatic carbocycles. The molecule has 0 radical (unpaired) electrons. The van der Waals surface area contributed by atoms with Gasteiger partial charge in [-0.15, -0.1) is 0 Å². The first-order valence-electron chi connectivity index (χ1n) is 9.55. The van der Waals surface area contributed by atoms with Gasteiger partial charge in [-0.05, 0) is 75.1 Å². The highest BCUT2D eigenvalue weighted by Gasteiger charge is 2.39. The zero-order valence-electron chi connectivity index (χ0n) is 16.2. The van der Waals surface area contributed by atoms with Crippen LogP contribution in [0.2, 0.25) is 0 Å². The van der Waals surface area contributed by atoms with Crippen molar-refractivity contribution in [2.24, 2.45) is 5.41 Å². The van der Waals surface area contributed by atoms with Crippen molar-refractivity contribution < 1.29 is 23.4 Å². The monoisotopic (exact) mass is 442 g/mol. The molecule has 0 bridgehead atoms. The molecule has 4 nitrogen and oxygen atoms in total. The predicted octanol–water partition coefficient (Wildman–Crippen LogP) is 5.25. The highest BCUT2D eigenvalue weighted by molar-refractivity contribution is 9.09. The van der Waals surface area contributed by atoms with E-state index in [0.29, 0.717) is 12.2 Å². The number of rotatable bonds is 3. The van der Waals surface area contributed by atoms with E-state index in [-0.39, 0.29) is 17.3 Å². The molecule has 27 heavy (non-hydrogen) atoms. The number of benzene rings is 1. The summed E-state index contributed by atoms with van der Waals surface area (Å²) in [5.74, 6) is -0.801. The summed E-state index contributed by atoms with van der Waals surface area (Å²) in [6.45, 7) is 7.70. The number of ether oxygens (including phenoxy) is 3. The van der Waals surface area contributed by atoms with Crippen LogP contribution in [0.3, 0.4) is 0 Å². The molecule has 0 aromatic heterocycles. The second-order valence-corrected chi connectivity index (χ2v) is 9.54. The summed E-state index contributed by atoms with van der Waals surface area (Å²) in [6, 6.07) is 4.56. The number of carbonyl (C=O) groups excluding carboxylic acids is 1. The summed E-state index contributed by atoms with van der Waals surface area (Å²) in [5, 5.41) is 0. The van der Waals surface area contributed by atoms with Crippen LogP contribution < -0.4 is 0 Å². The molecule has 1 aromatic carbocycles. The van der Waals surface area contributed by atoms with E-state index in [9.17, 15) is 9.18 Å². The van der Waals surface area contributed by atoms with Crippen LogP contribution in [0.25, 0.3) is 0 Å². The molecule has 150 valence electrons. The summed E-state index contributed by atoms with van der Waals surface area (Å²) >= 11 is 3.41. The molecule has 2 aliphatic rings. The van der Waals surface area contributed by atoms with Gasteiger partial charge in [-0.3, -0.25) is 4.79 Å². The van der Waals surface area contributed by atoms with E-state index in [2.05, 4.69) is 15.9 Å². The van der Waals surface area contributed by atoms with E-state index in [1.165, 1.54) is 12.1 Å². The fourth-order valence-corrected chi connectivity index (χ4v) is 4.34. The molecular weight excluding hydrogens is 415 g/mol. The first kappa shape index (κ1) is 20.7. The van der Waals surface area contributed by atoms with Crippen molar-refractivity contribution in [3.8, 4) is 0 Å². The van der Waals surface area contributed by atoms with Crippen molar-refractivity contribution in [3.63, 3.8) is 0 Å². The Balaban J connectivity index is 1.77. The zero-order valence-corrected chi connectivity index (χ0v) is 17.8. The minimum atomic E-state index is -0.731. The van der Waals surface area contributed by atoms with Crippen LogP contribution >= 0.6 is 15.9 Å². The first-order valence-corrected chi connectivity index (χ1v) is 10.5. The first-order chi connectivity index (χ1) is 12.7. The third-order valence-corrected chi connectivity index (χ3v) is 6.23. The molecule has 2 saturated heterocycles. The molecule has 2 fully saturated rings. The number of carbonyl (C=O) groups is 1. The second kappa shape index (κ2) is 8.18. The van der Waals surface area contributed by atoms with E-state index in [0.717, 1.165) is 44.5 Å². The minimum Gasteiger partial charge on any atom is -0.459 e. The predicted molar refractivity (Wildman–Crippen MR) is 104 cm³/mol. The molecule has 1 unspecified atom stereocenters. The van der Waals surface area contributed by atoms with Crippen molar-refractivity contribution in [2.45, 2.75) is 63.0 Å². The molecule has 1 spiro atoms. The summed E-state index contributed by atoms with van der Waals surface area (Å²) in [5.41, 5.74) is 1.03. The van der Waals surface area contributed by atoms with Gasteiger partial charge in [0.05, 0.1) is 12.7 Å². The second-order valence-electron chi connectivity index (χ2n) is 8.62. The van der Waals surface area contributed by atoms with Gasteiger partial charge in [0.25, 0.3) is 0 Å². The van der Waals surface area contributed by atoms with Crippen molar-refractivity contribution in [1.29, 1.82) is 0 Å². The Bertz CT molecular complexity index is 669. The van der Waals surface area contributed by atoms with E-state index in [4.69, 9.17) is 14.2 Å². The van der Waals surface area contributed by atoms with Gasteiger partial charge >= 0.3 is 5.97 Å². The van der Waals surface area contributed by atoms with E-state index in [1.54, 1.807) is 6.07 Å². The quantitative estimate of drug-likeness (QED) is 0.473. The molecular formula is C21H28BrFO4. The highest BCUT2D eigenvalue weighted by Crippen LogP contribution is 2.45. The topological polar surface area (TPSA) is 44.8 Å². The third kappa shape index (κ3) is 5.09. The van der Waals surface area contributed by atoms with Crippen LogP contribution in [-0.4, -0.2) is 31.4 Å². The lowest BCUT2D eigenvalue weighted by atomic mass is 9.74. The Hall–Kier alpha value is -0.980. The van der Waals surface area contributed by atoms with E-state index < -0.39 is 16.4 Å². The van der Waals surface area contributed by atoms with E-state index in [1.807, 2.05) is 20.8 Å². The normalized spacial score (nSPS) is 23.8. The maximum absolute atomic E-state index is 13.9. The van der Waals surface area contributed by atoms with Crippen LogP contribution in [0.5, 0.6) is 0 Å².